The van der Waals surface area contributed by atoms with Crippen molar-refractivity contribution < 1.29 is 9.59 Å². The smallest absolute Gasteiger partial charge is 0.235 e. The quantitative estimate of drug-likeness (QED) is 0.754. The van der Waals surface area contributed by atoms with Crippen LogP contribution in [0.25, 0.3) is 0 Å². The monoisotopic (exact) mass is 372 g/mol. The minimum Gasteiger partial charge on any atom is -0.308 e. The maximum atomic E-state index is 13.3. The van der Waals surface area contributed by atoms with Crippen molar-refractivity contribution in [3.63, 3.8) is 0 Å². The van der Waals surface area contributed by atoms with Gasteiger partial charge in [0.15, 0.2) is 0 Å². The van der Waals surface area contributed by atoms with Gasteiger partial charge in [0.05, 0.1) is 11.8 Å². The van der Waals surface area contributed by atoms with Crippen LogP contribution in [-0.2, 0) is 22.4 Å². The number of hydrogen-bond donors (Lipinski definition) is 0. The molecule has 3 aliphatic rings. The molecule has 0 radical (unpaired) electrons. The fraction of sp³-hybridized carbons (Fsp3) is 0.333. The molecule has 2 amide bonds. The summed E-state index contributed by atoms with van der Waals surface area (Å²) < 4.78 is 0. The van der Waals surface area contributed by atoms with Gasteiger partial charge in [0.1, 0.15) is 0 Å². The van der Waals surface area contributed by atoms with Crippen LogP contribution < -0.4 is 9.80 Å². The van der Waals surface area contributed by atoms with Crippen molar-refractivity contribution in [3.05, 3.63) is 71.8 Å². The second-order valence-corrected chi connectivity index (χ2v) is 8.31. The standard InChI is InChI=1S/C24H24N2O2/c1-14-12-17-8-4-6-10-19(17)25(14)23(27)21-16(3)22(21)24(28)26-15(2)13-18-9-5-7-11-20(18)26/h4-11,14-15,21-22H,3,12-13H2,1-2H3/t14-,15-,21+,22+/m0/s1. The predicted molar refractivity (Wildman–Crippen MR) is 110 cm³/mol. The lowest BCUT2D eigenvalue weighted by Gasteiger charge is -2.24. The molecule has 5 rings (SSSR count). The number of rotatable bonds is 2. The van der Waals surface area contributed by atoms with E-state index in [1.54, 1.807) is 0 Å². The molecule has 2 aromatic carbocycles. The van der Waals surface area contributed by atoms with Gasteiger partial charge in [0, 0.05) is 23.5 Å². The Labute approximate surface area is 165 Å². The zero-order valence-corrected chi connectivity index (χ0v) is 16.3. The number of amides is 2. The number of carbonyl (C=O) groups is 2. The van der Waals surface area contributed by atoms with Crippen molar-refractivity contribution in [1.29, 1.82) is 0 Å². The Balaban J connectivity index is 1.40. The molecule has 0 spiro atoms. The Morgan fingerprint density at radius 2 is 1.18 bits per heavy atom. The molecule has 0 unspecified atom stereocenters. The lowest BCUT2D eigenvalue weighted by molar-refractivity contribution is -0.124. The maximum Gasteiger partial charge on any atom is 0.235 e. The Bertz CT molecular complexity index is 932. The zero-order valence-electron chi connectivity index (χ0n) is 16.3. The van der Waals surface area contributed by atoms with E-state index in [0.717, 1.165) is 29.8 Å². The second-order valence-electron chi connectivity index (χ2n) is 8.31. The highest BCUT2D eigenvalue weighted by molar-refractivity contribution is 6.11. The molecule has 0 bridgehead atoms. The topological polar surface area (TPSA) is 40.6 Å². The van der Waals surface area contributed by atoms with Gasteiger partial charge in [-0.1, -0.05) is 48.6 Å². The van der Waals surface area contributed by atoms with E-state index in [1.807, 2.05) is 46.2 Å². The third kappa shape index (κ3) is 2.37. The average Bonchev–Trinajstić information content (AvgIpc) is 3.05. The van der Waals surface area contributed by atoms with Crippen LogP contribution in [0.2, 0.25) is 0 Å². The molecule has 0 N–H and O–H groups in total. The summed E-state index contributed by atoms with van der Waals surface area (Å²) >= 11 is 0. The summed E-state index contributed by atoms with van der Waals surface area (Å²) in [7, 11) is 0. The zero-order chi connectivity index (χ0) is 19.6. The Hall–Kier alpha value is -2.88. The third-order valence-electron chi connectivity index (χ3n) is 6.44. The Kier molecular flexibility index (Phi) is 3.73. The van der Waals surface area contributed by atoms with E-state index in [2.05, 4.69) is 32.6 Å². The Morgan fingerprint density at radius 1 is 0.786 bits per heavy atom. The minimum absolute atomic E-state index is 0.0148. The number of nitrogens with zero attached hydrogens (tertiary/aromatic N) is 2. The molecule has 1 aliphatic carbocycles. The number of hydrogen-bond acceptors (Lipinski definition) is 2. The van der Waals surface area contributed by atoms with E-state index in [9.17, 15) is 9.59 Å². The first-order chi connectivity index (χ1) is 13.5. The largest absolute Gasteiger partial charge is 0.308 e. The van der Waals surface area contributed by atoms with E-state index in [-0.39, 0.29) is 23.9 Å². The van der Waals surface area contributed by atoms with Gasteiger partial charge in [-0.2, -0.15) is 0 Å². The van der Waals surface area contributed by atoms with Gasteiger partial charge in [-0.25, -0.2) is 0 Å². The van der Waals surface area contributed by atoms with E-state index in [0.29, 0.717) is 0 Å². The van der Waals surface area contributed by atoms with Gasteiger partial charge in [0.2, 0.25) is 11.8 Å². The normalized spacial score (nSPS) is 27.6. The van der Waals surface area contributed by atoms with Crippen LogP contribution in [0.15, 0.2) is 60.7 Å². The van der Waals surface area contributed by atoms with Crippen LogP contribution in [0.4, 0.5) is 11.4 Å². The molecule has 4 atom stereocenters. The first kappa shape index (κ1) is 17.2. The molecular formula is C24H24N2O2. The average molecular weight is 372 g/mol. The lowest BCUT2D eigenvalue weighted by atomic mass is 10.1. The fourth-order valence-corrected chi connectivity index (χ4v) is 5.02. The molecular weight excluding hydrogens is 348 g/mol. The van der Waals surface area contributed by atoms with Crippen LogP contribution >= 0.6 is 0 Å². The first-order valence-electron chi connectivity index (χ1n) is 9.99. The van der Waals surface area contributed by atoms with Crippen molar-refractivity contribution in [2.24, 2.45) is 11.8 Å². The summed E-state index contributed by atoms with van der Waals surface area (Å²) in [4.78, 5) is 30.4. The summed E-state index contributed by atoms with van der Waals surface area (Å²) in [6.07, 6.45) is 1.71. The van der Waals surface area contributed by atoms with Crippen LogP contribution in [0.3, 0.4) is 0 Å². The summed E-state index contributed by atoms with van der Waals surface area (Å²) in [5.41, 5.74) is 5.10. The number of para-hydroxylation sites is 2. The predicted octanol–water partition coefficient (Wildman–Crippen LogP) is 3.74. The molecule has 2 aliphatic heterocycles. The summed E-state index contributed by atoms with van der Waals surface area (Å²) in [5.74, 6) is -0.774. The minimum atomic E-state index is -0.402. The van der Waals surface area contributed by atoms with Crippen LogP contribution in [-0.4, -0.2) is 23.9 Å². The van der Waals surface area contributed by atoms with Gasteiger partial charge in [-0.15, -0.1) is 0 Å². The fourth-order valence-electron chi connectivity index (χ4n) is 5.02. The van der Waals surface area contributed by atoms with Crippen molar-refractivity contribution in [3.8, 4) is 0 Å². The van der Waals surface area contributed by atoms with Crippen LogP contribution in [0.1, 0.15) is 25.0 Å². The number of benzene rings is 2. The highest BCUT2D eigenvalue weighted by Crippen LogP contribution is 2.50. The number of anilines is 2. The molecule has 0 aromatic heterocycles. The number of carbonyl (C=O) groups excluding carboxylic acids is 2. The molecule has 1 saturated carbocycles. The van der Waals surface area contributed by atoms with Crippen molar-refractivity contribution in [2.75, 3.05) is 9.80 Å². The summed E-state index contributed by atoms with van der Waals surface area (Å²) in [5, 5.41) is 0. The van der Waals surface area contributed by atoms with Gasteiger partial charge < -0.3 is 9.80 Å². The van der Waals surface area contributed by atoms with Crippen molar-refractivity contribution in [2.45, 2.75) is 38.8 Å². The lowest BCUT2D eigenvalue weighted by Crippen LogP contribution is -2.40. The van der Waals surface area contributed by atoms with E-state index in [1.165, 1.54) is 11.1 Å². The second kappa shape index (κ2) is 6.06. The molecule has 1 fully saturated rings. The highest BCUT2D eigenvalue weighted by atomic mass is 16.2. The molecule has 28 heavy (non-hydrogen) atoms. The van der Waals surface area contributed by atoms with Gasteiger partial charge >= 0.3 is 0 Å². The van der Waals surface area contributed by atoms with E-state index in [4.69, 9.17) is 0 Å². The molecule has 4 nitrogen and oxygen atoms in total. The molecule has 4 heteroatoms. The third-order valence-corrected chi connectivity index (χ3v) is 6.44. The van der Waals surface area contributed by atoms with E-state index >= 15 is 0 Å². The SMILES string of the molecule is C=C1[C@@H](C(=O)N2c3ccccc3C[C@@H]2C)[C@@H]1C(=O)N1c2ccccc2C[C@@H]1C. The van der Waals surface area contributed by atoms with Gasteiger partial charge in [0.25, 0.3) is 0 Å². The molecule has 2 heterocycles. The summed E-state index contributed by atoms with van der Waals surface area (Å²) in [6, 6.07) is 16.3. The molecule has 2 aromatic rings. The molecule has 142 valence electrons. The summed E-state index contributed by atoms with van der Waals surface area (Å²) in [6.45, 7) is 8.22. The molecule has 0 saturated heterocycles. The van der Waals surface area contributed by atoms with Crippen molar-refractivity contribution >= 4 is 23.2 Å². The van der Waals surface area contributed by atoms with Crippen LogP contribution in [0, 0.1) is 11.8 Å². The first-order valence-corrected chi connectivity index (χ1v) is 9.99. The van der Waals surface area contributed by atoms with Gasteiger partial charge in [-0.05, 0) is 49.9 Å². The Morgan fingerprint density at radius 3 is 1.61 bits per heavy atom. The van der Waals surface area contributed by atoms with Crippen molar-refractivity contribution in [1.82, 2.24) is 0 Å². The number of fused-ring (bicyclic) bond motifs is 2. The van der Waals surface area contributed by atoms with Gasteiger partial charge in [-0.3, -0.25) is 9.59 Å². The highest BCUT2D eigenvalue weighted by Gasteiger charge is 2.57. The van der Waals surface area contributed by atoms with E-state index < -0.39 is 11.8 Å². The van der Waals surface area contributed by atoms with Crippen LogP contribution in [0.5, 0.6) is 0 Å². The maximum absolute atomic E-state index is 13.3.